The molecule has 0 radical (unpaired) electrons. The number of halogens is 4. The van der Waals surface area contributed by atoms with Crippen LogP contribution in [0.25, 0.3) is 0 Å². The van der Waals surface area contributed by atoms with Crippen molar-refractivity contribution in [2.24, 2.45) is 10.9 Å². The Hall–Kier alpha value is -2.51. The van der Waals surface area contributed by atoms with Crippen molar-refractivity contribution in [1.29, 1.82) is 0 Å². The van der Waals surface area contributed by atoms with Gasteiger partial charge in [-0.2, -0.15) is 0 Å². The fraction of sp³-hybridized carbons (Fsp3) is 0.348. The van der Waals surface area contributed by atoms with E-state index in [1.54, 1.807) is 24.3 Å². The molecule has 2 aliphatic rings. The van der Waals surface area contributed by atoms with E-state index in [2.05, 4.69) is 10.3 Å². The maximum atomic E-state index is 14.2. The molecular formula is C23H23Cl2F2N3O2. The Morgan fingerprint density at radius 1 is 1.31 bits per heavy atom. The molecule has 0 saturated carbocycles. The van der Waals surface area contributed by atoms with Crippen LogP contribution in [-0.4, -0.2) is 34.8 Å². The number of hydrogen-bond donors (Lipinski definition) is 1. The first-order valence-electron chi connectivity index (χ1n) is 10.0. The van der Waals surface area contributed by atoms with Crippen molar-refractivity contribution >= 4 is 40.9 Å². The van der Waals surface area contributed by atoms with Gasteiger partial charge in [-0.1, -0.05) is 42.3 Å². The van der Waals surface area contributed by atoms with Crippen LogP contribution in [0, 0.1) is 5.92 Å². The number of hydrogen-bond acceptors (Lipinski definition) is 3. The Morgan fingerprint density at radius 2 is 2.03 bits per heavy atom. The molecule has 2 amide bonds. The Balaban J connectivity index is 1.81. The van der Waals surface area contributed by atoms with Crippen LogP contribution < -0.4 is 5.32 Å². The summed E-state index contributed by atoms with van der Waals surface area (Å²) in [6.45, 7) is 4.65. The van der Waals surface area contributed by atoms with E-state index in [0.29, 0.717) is 27.9 Å². The number of amides is 2. The number of rotatable bonds is 4. The molecular weight excluding hydrogens is 459 g/mol. The van der Waals surface area contributed by atoms with Crippen LogP contribution in [0.5, 0.6) is 0 Å². The zero-order valence-corrected chi connectivity index (χ0v) is 19.4. The van der Waals surface area contributed by atoms with Gasteiger partial charge in [0, 0.05) is 53.3 Å². The third-order valence-corrected chi connectivity index (χ3v) is 5.85. The summed E-state index contributed by atoms with van der Waals surface area (Å²) in [4.78, 5) is 30.6. The lowest BCUT2D eigenvalue weighted by atomic mass is 9.96. The Kier molecular flexibility index (Phi) is 7.20. The average Bonchev–Trinajstić information content (AvgIpc) is 2.69. The highest BCUT2D eigenvalue weighted by Crippen LogP contribution is 2.34. The standard InChI is InChI=1S/C23H23Cl2F2N3O2/c1-13-12-28-21(30(14(2)31)17-6-7-23(3,27)20(26)10-17)11-19(13)29-22(32)8-15-4-5-16(24)9-18(15)25/h4-6,9-11,13H,7-8,12H2,1-3H3,(H,29,32). The molecule has 1 heterocycles. The number of aliphatic imine (C=N–C) groups is 1. The van der Waals surface area contributed by atoms with Crippen LogP contribution in [0.15, 0.2) is 58.6 Å². The quantitative estimate of drug-likeness (QED) is 0.633. The second-order valence-electron chi connectivity index (χ2n) is 8.04. The van der Waals surface area contributed by atoms with Crippen molar-refractivity contribution in [3.8, 4) is 0 Å². The number of amidine groups is 1. The number of allylic oxidation sites excluding steroid dienone is 3. The molecule has 5 nitrogen and oxygen atoms in total. The van der Waals surface area contributed by atoms with E-state index in [1.807, 2.05) is 6.92 Å². The zero-order valence-electron chi connectivity index (χ0n) is 17.9. The van der Waals surface area contributed by atoms with Gasteiger partial charge in [0.2, 0.25) is 11.8 Å². The summed E-state index contributed by atoms with van der Waals surface area (Å²) in [5, 5.41) is 3.72. The number of dihydropyridines is 1. The van der Waals surface area contributed by atoms with Crippen LogP contribution >= 0.6 is 23.2 Å². The Labute approximate surface area is 195 Å². The van der Waals surface area contributed by atoms with Crippen LogP contribution in [0.3, 0.4) is 0 Å². The SMILES string of the molecule is CC(=O)N(C1=CCC(C)(F)C(F)=C1)C1=NCC(C)C(NC(=O)Cc2ccc(Cl)cc2Cl)=C1. The third-order valence-electron chi connectivity index (χ3n) is 5.26. The molecule has 0 fully saturated rings. The molecule has 0 spiro atoms. The number of alkyl halides is 1. The highest BCUT2D eigenvalue weighted by atomic mass is 35.5. The van der Waals surface area contributed by atoms with Gasteiger partial charge in [0.25, 0.3) is 0 Å². The molecule has 1 N–H and O–H groups in total. The topological polar surface area (TPSA) is 61.8 Å². The second-order valence-corrected chi connectivity index (χ2v) is 8.88. The molecule has 170 valence electrons. The highest BCUT2D eigenvalue weighted by Gasteiger charge is 2.34. The minimum absolute atomic E-state index is 0.0388. The molecule has 1 aromatic rings. The maximum Gasteiger partial charge on any atom is 0.229 e. The van der Waals surface area contributed by atoms with E-state index in [4.69, 9.17) is 23.2 Å². The summed E-state index contributed by atoms with van der Waals surface area (Å²) >= 11 is 12.0. The van der Waals surface area contributed by atoms with Gasteiger partial charge in [-0.25, -0.2) is 8.78 Å². The molecule has 3 rings (SSSR count). The molecule has 1 aliphatic heterocycles. The van der Waals surface area contributed by atoms with Crippen molar-refractivity contribution in [2.75, 3.05) is 6.54 Å². The van der Waals surface area contributed by atoms with Crippen molar-refractivity contribution in [3.05, 3.63) is 69.3 Å². The molecule has 9 heteroatoms. The lowest BCUT2D eigenvalue weighted by Gasteiger charge is -2.30. The van der Waals surface area contributed by atoms with Gasteiger partial charge >= 0.3 is 0 Å². The van der Waals surface area contributed by atoms with E-state index < -0.39 is 17.4 Å². The predicted molar refractivity (Wildman–Crippen MR) is 122 cm³/mol. The number of nitrogens with one attached hydrogen (secondary N) is 1. The summed E-state index contributed by atoms with van der Waals surface area (Å²) in [6, 6.07) is 4.90. The molecule has 2 unspecified atom stereocenters. The predicted octanol–water partition coefficient (Wildman–Crippen LogP) is 5.30. The number of carbonyl (C=O) groups is 2. The van der Waals surface area contributed by atoms with Gasteiger partial charge in [-0.15, -0.1) is 0 Å². The van der Waals surface area contributed by atoms with Crippen LogP contribution in [0.2, 0.25) is 10.0 Å². The zero-order chi connectivity index (χ0) is 23.6. The van der Waals surface area contributed by atoms with E-state index in [0.717, 1.165) is 13.0 Å². The fourth-order valence-corrected chi connectivity index (χ4v) is 3.83. The maximum absolute atomic E-state index is 14.2. The summed E-state index contributed by atoms with van der Waals surface area (Å²) in [5.74, 6) is -1.53. The molecule has 1 aromatic carbocycles. The van der Waals surface area contributed by atoms with Crippen molar-refractivity contribution < 1.29 is 18.4 Å². The van der Waals surface area contributed by atoms with Gasteiger partial charge in [0.1, 0.15) is 11.7 Å². The molecule has 32 heavy (non-hydrogen) atoms. The first kappa shape index (κ1) is 24.1. The summed E-state index contributed by atoms with van der Waals surface area (Å²) < 4.78 is 28.3. The summed E-state index contributed by atoms with van der Waals surface area (Å²) in [5.41, 5.74) is -0.716. The minimum Gasteiger partial charge on any atom is -0.329 e. The normalized spacial score (nSPS) is 22.9. The molecule has 2 atom stereocenters. The van der Waals surface area contributed by atoms with Gasteiger partial charge in [0.15, 0.2) is 5.67 Å². The smallest absolute Gasteiger partial charge is 0.229 e. The van der Waals surface area contributed by atoms with Crippen molar-refractivity contribution in [2.45, 2.75) is 39.3 Å². The van der Waals surface area contributed by atoms with Crippen molar-refractivity contribution in [3.63, 3.8) is 0 Å². The molecule has 0 aromatic heterocycles. The lowest BCUT2D eigenvalue weighted by Crippen LogP contribution is -2.39. The molecule has 0 bridgehead atoms. The van der Waals surface area contributed by atoms with E-state index in [1.165, 1.54) is 17.9 Å². The monoisotopic (exact) mass is 481 g/mol. The first-order chi connectivity index (χ1) is 15.0. The van der Waals surface area contributed by atoms with Gasteiger partial charge in [-0.05, 0) is 30.7 Å². The summed E-state index contributed by atoms with van der Waals surface area (Å²) in [7, 11) is 0. The number of benzene rings is 1. The first-order valence-corrected chi connectivity index (χ1v) is 10.8. The lowest BCUT2D eigenvalue weighted by molar-refractivity contribution is -0.123. The highest BCUT2D eigenvalue weighted by molar-refractivity contribution is 6.35. The Bertz CT molecular complexity index is 1080. The largest absolute Gasteiger partial charge is 0.329 e. The van der Waals surface area contributed by atoms with E-state index in [-0.39, 0.29) is 36.2 Å². The molecule has 0 saturated heterocycles. The van der Waals surface area contributed by atoms with Gasteiger partial charge < -0.3 is 5.32 Å². The number of nitrogens with zero attached hydrogens (tertiary/aromatic N) is 2. The van der Waals surface area contributed by atoms with Gasteiger partial charge in [0.05, 0.1) is 6.42 Å². The average molecular weight is 482 g/mol. The van der Waals surface area contributed by atoms with Crippen molar-refractivity contribution in [1.82, 2.24) is 10.2 Å². The molecule has 1 aliphatic carbocycles. The van der Waals surface area contributed by atoms with Crippen LogP contribution in [0.4, 0.5) is 8.78 Å². The Morgan fingerprint density at radius 3 is 2.66 bits per heavy atom. The van der Waals surface area contributed by atoms with Crippen LogP contribution in [0.1, 0.15) is 32.8 Å². The third kappa shape index (κ3) is 5.45. The number of carbonyl (C=O) groups excluding carboxylic acids is 2. The van der Waals surface area contributed by atoms with Gasteiger partial charge in [-0.3, -0.25) is 19.5 Å². The fourth-order valence-electron chi connectivity index (χ4n) is 3.36. The van der Waals surface area contributed by atoms with Crippen LogP contribution in [-0.2, 0) is 16.0 Å². The minimum atomic E-state index is -2.10. The van der Waals surface area contributed by atoms with E-state index >= 15 is 0 Å². The second kappa shape index (κ2) is 9.55. The summed E-state index contributed by atoms with van der Waals surface area (Å²) in [6.07, 6.45) is 3.87. The van der Waals surface area contributed by atoms with E-state index in [9.17, 15) is 18.4 Å².